The zero-order valence-corrected chi connectivity index (χ0v) is 12.5. The molecule has 0 aliphatic heterocycles. The summed E-state index contributed by atoms with van der Waals surface area (Å²) in [4.78, 5) is 0. The molecule has 0 unspecified atom stereocenters. The molecule has 4 N–H and O–H groups in total. The van der Waals surface area contributed by atoms with Crippen LogP contribution in [0.2, 0.25) is 0 Å². The van der Waals surface area contributed by atoms with Crippen LogP contribution in [0.15, 0.2) is 28.7 Å². The van der Waals surface area contributed by atoms with Gasteiger partial charge >= 0.3 is 0 Å². The molecule has 0 radical (unpaired) electrons. The summed E-state index contributed by atoms with van der Waals surface area (Å²) in [7, 11) is -3.14. The van der Waals surface area contributed by atoms with E-state index in [0.717, 1.165) is 10.0 Å². The highest BCUT2D eigenvalue weighted by molar-refractivity contribution is 9.10. The van der Waals surface area contributed by atoms with Crippen LogP contribution in [0.1, 0.15) is 11.5 Å². The number of rotatable bonds is 4. The van der Waals surface area contributed by atoms with Crippen molar-refractivity contribution in [3.05, 3.63) is 34.3 Å². The average Bonchev–Trinajstić information content (AvgIpc) is 3.00. The molecule has 1 aliphatic rings. The zero-order chi connectivity index (χ0) is 13.6. The lowest BCUT2D eigenvalue weighted by Gasteiger charge is -2.12. The average molecular weight is 333 g/mol. The molecule has 0 heterocycles. The Bertz CT molecular complexity index is 538. The summed E-state index contributed by atoms with van der Waals surface area (Å²) in [6, 6.07) is 7.68. The fraction of sp³-hybridized carbons (Fsp3) is 0.500. The third-order valence-corrected chi connectivity index (χ3v) is 6.02. The van der Waals surface area contributed by atoms with Crippen LogP contribution < -0.4 is 11.5 Å². The number of benzene rings is 1. The first-order valence-corrected chi connectivity index (χ1v) is 8.46. The van der Waals surface area contributed by atoms with E-state index in [2.05, 4.69) is 15.9 Å². The van der Waals surface area contributed by atoms with Crippen LogP contribution in [0.5, 0.6) is 0 Å². The van der Waals surface area contributed by atoms with E-state index >= 15 is 0 Å². The minimum Gasteiger partial charge on any atom is -0.330 e. The minimum absolute atomic E-state index is 0.0874. The molecule has 1 fully saturated rings. The molecule has 1 saturated carbocycles. The summed E-state index contributed by atoms with van der Waals surface area (Å²) in [6.07, 6.45) is 1.26. The molecule has 2 atom stereocenters. The van der Waals surface area contributed by atoms with E-state index in [4.69, 9.17) is 11.5 Å². The third kappa shape index (κ3) is 2.11. The van der Waals surface area contributed by atoms with E-state index < -0.39 is 20.5 Å². The van der Waals surface area contributed by atoms with Gasteiger partial charge in [0.05, 0.1) is 5.25 Å². The van der Waals surface area contributed by atoms with Crippen molar-refractivity contribution in [3.8, 4) is 0 Å². The maximum absolute atomic E-state index is 11.9. The number of hydrogen-bond acceptors (Lipinski definition) is 4. The first-order valence-electron chi connectivity index (χ1n) is 5.71. The van der Waals surface area contributed by atoms with E-state index in [9.17, 15) is 8.42 Å². The zero-order valence-electron chi connectivity index (χ0n) is 10.1. The van der Waals surface area contributed by atoms with Crippen molar-refractivity contribution in [2.75, 3.05) is 19.3 Å². The molecular weight excluding hydrogens is 316 g/mol. The van der Waals surface area contributed by atoms with Gasteiger partial charge in [-0.15, -0.1) is 0 Å². The predicted octanol–water partition coefficient (Wildman–Crippen LogP) is 0.863. The molecule has 0 amide bonds. The second-order valence-electron chi connectivity index (χ2n) is 4.92. The van der Waals surface area contributed by atoms with Gasteiger partial charge in [0, 0.05) is 35.2 Å². The molecule has 0 spiro atoms. The van der Waals surface area contributed by atoms with Crippen LogP contribution in [0, 0.1) is 5.41 Å². The molecule has 0 saturated heterocycles. The van der Waals surface area contributed by atoms with E-state index in [0.29, 0.717) is 13.1 Å². The molecule has 18 heavy (non-hydrogen) atoms. The van der Waals surface area contributed by atoms with Crippen LogP contribution >= 0.6 is 15.9 Å². The largest absolute Gasteiger partial charge is 0.330 e. The highest BCUT2D eigenvalue weighted by Crippen LogP contribution is 2.61. The fourth-order valence-corrected chi connectivity index (χ4v) is 5.17. The van der Waals surface area contributed by atoms with Gasteiger partial charge in [0.1, 0.15) is 0 Å². The smallest absolute Gasteiger partial charge is 0.151 e. The number of hydrogen-bond donors (Lipinski definition) is 2. The van der Waals surface area contributed by atoms with Crippen LogP contribution in [-0.2, 0) is 9.84 Å². The van der Waals surface area contributed by atoms with E-state index in [-0.39, 0.29) is 5.92 Å². The first kappa shape index (κ1) is 14.0. The predicted molar refractivity (Wildman–Crippen MR) is 76.1 cm³/mol. The fourth-order valence-electron chi connectivity index (χ4n) is 2.87. The number of halogens is 1. The van der Waals surface area contributed by atoms with Crippen LogP contribution in [0.25, 0.3) is 0 Å². The van der Waals surface area contributed by atoms with Crippen molar-refractivity contribution in [2.24, 2.45) is 16.9 Å². The molecule has 2 rings (SSSR count). The van der Waals surface area contributed by atoms with E-state index in [1.165, 1.54) is 6.26 Å². The van der Waals surface area contributed by atoms with Crippen molar-refractivity contribution in [2.45, 2.75) is 11.2 Å². The molecule has 6 heteroatoms. The summed E-state index contributed by atoms with van der Waals surface area (Å²) in [5.74, 6) is -0.0874. The van der Waals surface area contributed by atoms with Gasteiger partial charge in [0.2, 0.25) is 0 Å². The Morgan fingerprint density at radius 1 is 1.22 bits per heavy atom. The van der Waals surface area contributed by atoms with Gasteiger partial charge in [0.25, 0.3) is 0 Å². The second-order valence-corrected chi connectivity index (χ2v) is 8.00. The molecule has 4 nitrogen and oxygen atoms in total. The van der Waals surface area contributed by atoms with Gasteiger partial charge in [-0.3, -0.25) is 0 Å². The molecule has 1 aromatic carbocycles. The summed E-state index contributed by atoms with van der Waals surface area (Å²) < 4.78 is 24.7. The molecule has 100 valence electrons. The second kappa shape index (κ2) is 4.59. The number of sulfone groups is 1. The maximum atomic E-state index is 11.9. The van der Waals surface area contributed by atoms with Crippen molar-refractivity contribution >= 4 is 25.8 Å². The Morgan fingerprint density at radius 2 is 1.72 bits per heavy atom. The van der Waals surface area contributed by atoms with Crippen LogP contribution in [0.4, 0.5) is 0 Å². The van der Waals surface area contributed by atoms with Gasteiger partial charge < -0.3 is 11.5 Å². The van der Waals surface area contributed by atoms with Gasteiger partial charge in [-0.1, -0.05) is 28.1 Å². The molecule has 0 aromatic heterocycles. The van der Waals surface area contributed by atoms with Crippen molar-refractivity contribution in [3.63, 3.8) is 0 Å². The van der Waals surface area contributed by atoms with Gasteiger partial charge in [-0.05, 0) is 17.7 Å². The summed E-state index contributed by atoms with van der Waals surface area (Å²) in [6.45, 7) is 0.587. The minimum atomic E-state index is -3.14. The lowest BCUT2D eigenvalue weighted by Crippen LogP contribution is -2.31. The monoisotopic (exact) mass is 332 g/mol. The molecular formula is C12H17BrN2O2S. The standard InChI is InChI=1S/C12H17BrN2O2S/c1-18(16,17)11-10(12(11,6-14)7-15)8-2-4-9(13)5-3-8/h2-5,10-11H,6-7,14-15H2,1H3/t10-,11-/m1/s1. The summed E-state index contributed by atoms with van der Waals surface area (Å²) in [5.41, 5.74) is 12.0. The quantitative estimate of drug-likeness (QED) is 0.856. The SMILES string of the molecule is CS(=O)(=O)[C@@H]1[C@@H](c2ccc(Br)cc2)C1(CN)CN. The summed E-state index contributed by atoms with van der Waals surface area (Å²) in [5, 5.41) is -0.457. The number of nitrogens with two attached hydrogens (primary N) is 2. The Kier molecular flexibility index (Phi) is 3.57. The maximum Gasteiger partial charge on any atom is 0.151 e. The van der Waals surface area contributed by atoms with Crippen molar-refractivity contribution in [1.82, 2.24) is 0 Å². The Balaban J connectivity index is 2.41. The lowest BCUT2D eigenvalue weighted by atomic mass is 9.99. The van der Waals surface area contributed by atoms with Crippen LogP contribution in [0.3, 0.4) is 0 Å². The lowest BCUT2D eigenvalue weighted by molar-refractivity contribution is 0.511. The van der Waals surface area contributed by atoms with Crippen molar-refractivity contribution in [1.29, 1.82) is 0 Å². The molecule has 1 aromatic rings. The Hall–Kier alpha value is -0.430. The van der Waals surface area contributed by atoms with E-state index in [1.54, 1.807) is 0 Å². The Labute approximate surface area is 116 Å². The molecule has 0 bridgehead atoms. The first-order chi connectivity index (χ1) is 8.36. The third-order valence-electron chi connectivity index (χ3n) is 3.83. The highest BCUT2D eigenvalue weighted by Gasteiger charge is 2.68. The van der Waals surface area contributed by atoms with Crippen molar-refractivity contribution < 1.29 is 8.42 Å². The van der Waals surface area contributed by atoms with Crippen LogP contribution in [-0.4, -0.2) is 33.0 Å². The van der Waals surface area contributed by atoms with Gasteiger partial charge in [-0.2, -0.15) is 0 Å². The molecule has 1 aliphatic carbocycles. The Morgan fingerprint density at radius 3 is 2.06 bits per heavy atom. The summed E-state index contributed by atoms with van der Waals surface area (Å²) >= 11 is 3.36. The highest BCUT2D eigenvalue weighted by atomic mass is 79.9. The van der Waals surface area contributed by atoms with Gasteiger partial charge in [-0.25, -0.2) is 8.42 Å². The topological polar surface area (TPSA) is 86.2 Å². The normalized spacial score (nSPS) is 26.0. The van der Waals surface area contributed by atoms with E-state index in [1.807, 2.05) is 24.3 Å². The van der Waals surface area contributed by atoms with Gasteiger partial charge in [0.15, 0.2) is 9.84 Å².